The highest BCUT2D eigenvalue weighted by atomic mass is 32.2. The molecule has 3 heterocycles. The number of nitrogens with zero attached hydrogens (tertiary/aromatic N) is 6. The van der Waals surface area contributed by atoms with Gasteiger partial charge in [-0.2, -0.15) is 0 Å². The summed E-state index contributed by atoms with van der Waals surface area (Å²) in [5.74, 6) is -1.19. The van der Waals surface area contributed by atoms with Gasteiger partial charge in [0.1, 0.15) is 11.6 Å². The zero-order valence-electron chi connectivity index (χ0n) is 22.4. The van der Waals surface area contributed by atoms with Crippen LogP contribution in [-0.2, 0) is 10.0 Å². The topological polar surface area (TPSA) is 106 Å². The number of sulfonamides is 1. The van der Waals surface area contributed by atoms with Crippen molar-refractivity contribution in [3.05, 3.63) is 66.4 Å². The number of hydrogen-bond donors (Lipinski definition) is 2. The molecule has 1 aliphatic heterocycles. The van der Waals surface area contributed by atoms with E-state index in [1.54, 1.807) is 52.7 Å². The third-order valence-corrected chi connectivity index (χ3v) is 8.13. The second kappa shape index (κ2) is 11.0. The van der Waals surface area contributed by atoms with Gasteiger partial charge in [0.25, 0.3) is 0 Å². The summed E-state index contributed by atoms with van der Waals surface area (Å²) < 4.78 is 57.5. The molecule has 1 atom stereocenters. The number of anilines is 4. The van der Waals surface area contributed by atoms with Crippen LogP contribution >= 0.6 is 0 Å². The molecule has 0 bridgehead atoms. The predicted octanol–water partition coefficient (Wildman–Crippen LogP) is 3.32. The van der Waals surface area contributed by atoms with Crippen molar-refractivity contribution in [3.8, 4) is 11.3 Å². The maximum absolute atomic E-state index is 15.1. The third-order valence-electron chi connectivity index (χ3n) is 6.93. The van der Waals surface area contributed by atoms with Gasteiger partial charge in [-0.3, -0.25) is 9.21 Å². The number of fused-ring (bicyclic) bond motifs is 1. The highest BCUT2D eigenvalue weighted by Gasteiger charge is 2.23. The summed E-state index contributed by atoms with van der Waals surface area (Å²) in [6.07, 6.45) is 2.22. The number of aliphatic hydroxyl groups is 1. The molecule has 1 aliphatic rings. The lowest BCUT2D eigenvalue weighted by atomic mass is 10.1. The molecule has 0 radical (unpaired) electrons. The summed E-state index contributed by atoms with van der Waals surface area (Å²) in [5, 5.41) is 16.9. The monoisotopic (exact) mass is 571 g/mol. The van der Waals surface area contributed by atoms with Crippen molar-refractivity contribution in [2.45, 2.75) is 13.0 Å². The summed E-state index contributed by atoms with van der Waals surface area (Å²) in [6, 6.07) is 12.8. The average molecular weight is 572 g/mol. The lowest BCUT2D eigenvalue weighted by Crippen LogP contribution is -2.48. The quantitative estimate of drug-likeness (QED) is 0.332. The maximum Gasteiger partial charge on any atom is 0.245 e. The molecule has 4 aromatic rings. The molecule has 0 spiro atoms. The Morgan fingerprint density at radius 2 is 1.80 bits per heavy atom. The molecular weight excluding hydrogens is 540 g/mol. The fraction of sp³-hybridized carbons (Fsp3) is 0.333. The lowest BCUT2D eigenvalue weighted by molar-refractivity contribution is 0.122. The van der Waals surface area contributed by atoms with Crippen LogP contribution in [-0.4, -0.2) is 85.2 Å². The van der Waals surface area contributed by atoms with Gasteiger partial charge in [0.05, 0.1) is 46.8 Å². The summed E-state index contributed by atoms with van der Waals surface area (Å²) in [6.45, 7) is 4.58. The van der Waals surface area contributed by atoms with Crippen molar-refractivity contribution in [1.82, 2.24) is 19.5 Å². The van der Waals surface area contributed by atoms with Gasteiger partial charge in [-0.1, -0.05) is 18.2 Å². The number of hydrogen-bond acceptors (Lipinski definition) is 8. The van der Waals surface area contributed by atoms with Crippen LogP contribution in [0.5, 0.6) is 0 Å². The molecule has 5 rings (SSSR count). The van der Waals surface area contributed by atoms with Crippen LogP contribution in [0.15, 0.2) is 54.7 Å². The molecule has 1 saturated heterocycles. The minimum atomic E-state index is -3.51. The van der Waals surface area contributed by atoms with Crippen molar-refractivity contribution in [1.29, 1.82) is 0 Å². The van der Waals surface area contributed by atoms with Crippen LogP contribution in [0.25, 0.3) is 16.8 Å². The average Bonchev–Trinajstić information content (AvgIpc) is 3.33. The van der Waals surface area contributed by atoms with Crippen LogP contribution in [0.4, 0.5) is 31.8 Å². The summed E-state index contributed by atoms with van der Waals surface area (Å²) >= 11 is 0. The van der Waals surface area contributed by atoms with E-state index in [1.807, 2.05) is 0 Å². The predicted molar refractivity (Wildman–Crippen MR) is 152 cm³/mol. The van der Waals surface area contributed by atoms with E-state index in [4.69, 9.17) is 0 Å². The van der Waals surface area contributed by atoms with Gasteiger partial charge in [0.2, 0.25) is 16.0 Å². The molecule has 40 heavy (non-hydrogen) atoms. The van der Waals surface area contributed by atoms with E-state index in [1.165, 1.54) is 23.6 Å². The zero-order valence-corrected chi connectivity index (χ0v) is 23.2. The van der Waals surface area contributed by atoms with Crippen molar-refractivity contribution in [3.63, 3.8) is 0 Å². The first-order valence-corrected chi connectivity index (χ1v) is 14.7. The molecule has 1 fully saturated rings. The van der Waals surface area contributed by atoms with Crippen molar-refractivity contribution in [2.24, 2.45) is 0 Å². The van der Waals surface area contributed by atoms with Gasteiger partial charge in [0.15, 0.2) is 0 Å². The Morgan fingerprint density at radius 1 is 1.07 bits per heavy atom. The number of para-hydroxylation sites is 1. The SMILES string of the molecule is C[C@H](O)CN1CCN(c2cc(F)c(Nc3ncc4ccc(-c5ccccc5N(C)S(C)(=O)=O)n4n3)cc2F)CC1. The molecule has 2 aromatic heterocycles. The first-order chi connectivity index (χ1) is 19.0. The maximum atomic E-state index is 15.1. The number of aliphatic hydroxyl groups excluding tert-OH is 1. The summed E-state index contributed by atoms with van der Waals surface area (Å²) in [5.41, 5.74) is 2.38. The molecule has 2 aromatic carbocycles. The van der Waals surface area contributed by atoms with Crippen LogP contribution in [0.2, 0.25) is 0 Å². The van der Waals surface area contributed by atoms with E-state index in [-0.39, 0.29) is 17.3 Å². The molecule has 212 valence electrons. The van der Waals surface area contributed by atoms with Gasteiger partial charge < -0.3 is 15.3 Å². The highest BCUT2D eigenvalue weighted by Crippen LogP contribution is 2.33. The van der Waals surface area contributed by atoms with Crippen LogP contribution in [0.1, 0.15) is 6.92 Å². The van der Waals surface area contributed by atoms with Gasteiger partial charge in [0, 0.05) is 57.5 Å². The van der Waals surface area contributed by atoms with E-state index in [9.17, 15) is 13.5 Å². The van der Waals surface area contributed by atoms with E-state index >= 15 is 8.78 Å². The summed E-state index contributed by atoms with van der Waals surface area (Å²) in [7, 11) is -2.04. The first kappa shape index (κ1) is 27.7. The zero-order chi connectivity index (χ0) is 28.6. The van der Waals surface area contributed by atoms with Crippen molar-refractivity contribution < 1.29 is 22.3 Å². The van der Waals surface area contributed by atoms with Crippen molar-refractivity contribution >= 4 is 38.6 Å². The van der Waals surface area contributed by atoms with Gasteiger partial charge in [-0.05, 0) is 25.1 Å². The number of piperazine rings is 1. The van der Waals surface area contributed by atoms with E-state index in [0.717, 1.165) is 12.3 Å². The molecule has 13 heteroatoms. The Kier molecular flexibility index (Phi) is 7.62. The molecule has 2 N–H and O–H groups in total. The Labute approximate surface area is 231 Å². The molecule has 0 amide bonds. The Hall–Kier alpha value is -3.81. The van der Waals surface area contributed by atoms with Gasteiger partial charge in [-0.15, -0.1) is 5.10 Å². The minimum absolute atomic E-state index is 0.0386. The Morgan fingerprint density at radius 3 is 2.50 bits per heavy atom. The third kappa shape index (κ3) is 5.71. The molecular formula is C27H31F2N7O3S. The minimum Gasteiger partial charge on any atom is -0.392 e. The summed E-state index contributed by atoms with van der Waals surface area (Å²) in [4.78, 5) is 8.13. The fourth-order valence-corrected chi connectivity index (χ4v) is 5.36. The Bertz CT molecular complexity index is 1640. The fourth-order valence-electron chi connectivity index (χ4n) is 4.85. The number of aromatic nitrogens is 3. The second-order valence-electron chi connectivity index (χ2n) is 9.93. The van der Waals surface area contributed by atoms with Gasteiger partial charge in [-0.25, -0.2) is 26.7 Å². The highest BCUT2D eigenvalue weighted by molar-refractivity contribution is 7.92. The molecule has 0 saturated carbocycles. The number of rotatable bonds is 8. The van der Waals surface area contributed by atoms with Gasteiger partial charge >= 0.3 is 0 Å². The Balaban J connectivity index is 1.41. The number of nitrogens with one attached hydrogen (secondary N) is 1. The number of benzene rings is 2. The standard InChI is InChI=1S/C27H31F2N7O3S/c1-18(37)17-34-10-12-35(13-11-34)26-15-21(28)23(14-22(26)29)31-27-30-16-19-8-9-25(36(19)32-27)20-6-4-5-7-24(20)33(2)40(3,38)39/h4-9,14-16,18,37H,10-13,17H2,1-3H3,(H,31,32)/t18-/m0/s1. The molecule has 0 aliphatic carbocycles. The number of β-amino-alcohol motifs (C(OH)–C–C–N with tert-alkyl or cyclic N) is 1. The normalized spacial score (nSPS) is 15.4. The van der Waals surface area contributed by atoms with Crippen LogP contribution in [0, 0.1) is 11.6 Å². The van der Waals surface area contributed by atoms with E-state index in [2.05, 4.69) is 20.3 Å². The number of halogens is 2. The van der Waals surface area contributed by atoms with E-state index in [0.29, 0.717) is 55.2 Å². The van der Waals surface area contributed by atoms with E-state index < -0.39 is 27.8 Å². The smallest absolute Gasteiger partial charge is 0.245 e. The van der Waals surface area contributed by atoms with Crippen LogP contribution in [0.3, 0.4) is 0 Å². The van der Waals surface area contributed by atoms with Crippen LogP contribution < -0.4 is 14.5 Å². The lowest BCUT2D eigenvalue weighted by Gasteiger charge is -2.36. The molecule has 0 unspecified atom stereocenters. The largest absolute Gasteiger partial charge is 0.392 e. The first-order valence-electron chi connectivity index (χ1n) is 12.8. The van der Waals surface area contributed by atoms with Crippen molar-refractivity contribution in [2.75, 3.05) is 60.5 Å². The second-order valence-corrected chi connectivity index (χ2v) is 11.9. The molecule has 10 nitrogen and oxygen atoms in total.